The molecule has 0 aromatic heterocycles. The van der Waals surface area contributed by atoms with Crippen molar-refractivity contribution in [2.45, 2.75) is 24.3 Å². The molecule has 0 aromatic carbocycles. The summed E-state index contributed by atoms with van der Waals surface area (Å²) in [7, 11) is 0. The molecule has 1 unspecified atom stereocenters. The Morgan fingerprint density at radius 2 is 1.38 bits per heavy atom. The van der Waals surface area contributed by atoms with Crippen molar-refractivity contribution in [3.8, 4) is 0 Å². The highest BCUT2D eigenvalue weighted by atomic mass is 35.5. The molecule has 0 heterocycles. The van der Waals surface area contributed by atoms with Crippen LogP contribution in [0.3, 0.4) is 0 Å². The molecule has 0 aliphatic carbocycles. The van der Waals surface area contributed by atoms with Crippen LogP contribution < -0.4 is 0 Å². The van der Waals surface area contributed by atoms with Crippen LogP contribution in [0.1, 0.15) is 0 Å². The summed E-state index contributed by atoms with van der Waals surface area (Å²) in [4.78, 5) is 0. The van der Waals surface area contributed by atoms with Gasteiger partial charge in [-0.25, -0.2) is 13.2 Å². The second kappa shape index (κ2) is 3.87. The van der Waals surface area contributed by atoms with Gasteiger partial charge in [-0.1, -0.05) is 0 Å². The molecule has 0 amide bonds. The maximum Gasteiger partial charge on any atom is 0.437 e. The molecule has 9 heteroatoms. The fraction of sp³-hybridized carbons (Fsp3) is 1.00. The number of hydrogen-bond donors (Lipinski definition) is 0. The van der Waals surface area contributed by atoms with E-state index in [1.54, 1.807) is 0 Å². The summed E-state index contributed by atoms with van der Waals surface area (Å²) >= 11 is 3.75. The Labute approximate surface area is 72.4 Å². The molecule has 0 saturated carbocycles. The van der Waals surface area contributed by atoms with E-state index in [1.165, 1.54) is 0 Å². The largest absolute Gasteiger partial charge is 0.437 e. The van der Waals surface area contributed by atoms with Gasteiger partial charge in [0.05, 0.1) is 0 Å². The lowest BCUT2D eigenvalue weighted by Crippen LogP contribution is -2.42. The summed E-state index contributed by atoms with van der Waals surface area (Å²) in [5.41, 5.74) is 0. The third-order valence-electron chi connectivity index (χ3n) is 0.789. The molecule has 0 spiro atoms. The summed E-state index contributed by atoms with van der Waals surface area (Å²) in [5.74, 6) is 0. The molecule has 0 fully saturated rings. The van der Waals surface area contributed by atoms with E-state index < -0.39 is 24.3 Å². The summed E-state index contributed by atoms with van der Waals surface area (Å²) < 4.78 is 83.5. The van der Waals surface area contributed by atoms with Gasteiger partial charge < -0.3 is 0 Å². The molecule has 80 valence electrons. The van der Waals surface area contributed by atoms with Gasteiger partial charge in [0.2, 0.25) is 0 Å². The quantitative estimate of drug-likeness (QED) is 0.537. The number of ether oxygens (including phenoxy) is 1. The molecule has 0 radical (unpaired) electrons. The van der Waals surface area contributed by atoms with Gasteiger partial charge in [0.15, 0.2) is 0 Å². The van der Waals surface area contributed by atoms with Crippen LogP contribution in [0.15, 0.2) is 0 Å². The summed E-state index contributed by atoms with van der Waals surface area (Å²) in [5, 5.41) is -5.24. The van der Waals surface area contributed by atoms with Gasteiger partial charge in [-0.2, -0.15) is 17.6 Å². The molecule has 0 saturated heterocycles. The lowest BCUT2D eigenvalue weighted by atomic mass is 10.6. The van der Waals surface area contributed by atoms with Crippen molar-refractivity contribution in [1.82, 2.24) is 0 Å². The smallest absolute Gasteiger partial charge is 0.274 e. The predicted molar refractivity (Wildman–Crippen MR) is 27.7 cm³/mol. The lowest BCUT2D eigenvalue weighted by Gasteiger charge is -2.22. The van der Waals surface area contributed by atoms with Crippen molar-refractivity contribution < 1.29 is 35.5 Å². The first-order chi connectivity index (χ1) is 5.58. The average Bonchev–Trinajstić information content (AvgIpc) is 1.83. The number of alkyl halides is 8. The minimum Gasteiger partial charge on any atom is -0.274 e. The normalized spacial score (nSPS) is 16.4. The first kappa shape index (κ1) is 12.8. The average molecular weight is 234 g/mol. The van der Waals surface area contributed by atoms with Crippen LogP contribution in [0, 0.1) is 0 Å². The Balaban J connectivity index is 4.34. The SMILES string of the molecule is FC(F)C(F)OC(F)(F)C(F)(F)Cl. The van der Waals surface area contributed by atoms with Crippen LogP contribution in [0.25, 0.3) is 0 Å². The Kier molecular flexibility index (Phi) is 3.80. The van der Waals surface area contributed by atoms with E-state index in [-0.39, 0.29) is 0 Å². The molecular weight excluding hydrogens is 232 g/mol. The molecule has 1 nitrogen and oxygen atoms in total. The van der Waals surface area contributed by atoms with E-state index in [2.05, 4.69) is 16.3 Å². The zero-order chi connectivity index (χ0) is 10.9. The second-order valence-electron chi connectivity index (χ2n) is 1.82. The topological polar surface area (TPSA) is 9.23 Å². The van der Waals surface area contributed by atoms with Gasteiger partial charge in [-0.3, -0.25) is 4.74 Å². The van der Waals surface area contributed by atoms with E-state index >= 15 is 0 Å². The van der Waals surface area contributed by atoms with Crippen molar-refractivity contribution in [2.75, 3.05) is 0 Å². The van der Waals surface area contributed by atoms with Crippen LogP contribution >= 0.6 is 11.6 Å². The maximum atomic E-state index is 11.9. The van der Waals surface area contributed by atoms with Crippen molar-refractivity contribution in [3.63, 3.8) is 0 Å². The first-order valence-corrected chi connectivity index (χ1v) is 3.00. The number of rotatable bonds is 4. The molecule has 0 aliphatic rings. The highest BCUT2D eigenvalue weighted by molar-refractivity contribution is 6.22. The molecular formula is C4H2ClF7O. The van der Waals surface area contributed by atoms with E-state index in [1.807, 2.05) is 0 Å². The molecule has 0 aromatic rings. The zero-order valence-corrected chi connectivity index (χ0v) is 6.34. The molecule has 0 aliphatic heterocycles. The predicted octanol–water partition coefficient (Wildman–Crippen LogP) is 2.99. The van der Waals surface area contributed by atoms with E-state index in [0.717, 1.165) is 0 Å². The van der Waals surface area contributed by atoms with Crippen LogP contribution in [0.2, 0.25) is 0 Å². The van der Waals surface area contributed by atoms with Crippen molar-refractivity contribution >= 4 is 11.6 Å². The monoisotopic (exact) mass is 234 g/mol. The van der Waals surface area contributed by atoms with Gasteiger partial charge in [0.1, 0.15) is 0 Å². The Bertz CT molecular complexity index is 166. The highest BCUT2D eigenvalue weighted by Gasteiger charge is 2.59. The summed E-state index contributed by atoms with van der Waals surface area (Å²) in [6.07, 6.45) is -13.3. The fourth-order valence-corrected chi connectivity index (χ4v) is 0.304. The first-order valence-electron chi connectivity index (χ1n) is 2.62. The van der Waals surface area contributed by atoms with Crippen LogP contribution in [0.4, 0.5) is 30.7 Å². The van der Waals surface area contributed by atoms with E-state index in [9.17, 15) is 30.7 Å². The minimum atomic E-state index is -5.48. The van der Waals surface area contributed by atoms with Crippen LogP contribution in [-0.2, 0) is 4.74 Å². The lowest BCUT2D eigenvalue weighted by molar-refractivity contribution is -0.363. The number of halogens is 8. The summed E-state index contributed by atoms with van der Waals surface area (Å²) in [6.45, 7) is 0. The Hall–Kier alpha value is -0.240. The molecule has 1 atom stereocenters. The van der Waals surface area contributed by atoms with Crippen molar-refractivity contribution in [1.29, 1.82) is 0 Å². The van der Waals surface area contributed by atoms with Gasteiger partial charge in [-0.05, 0) is 11.6 Å². The number of hydrogen-bond acceptors (Lipinski definition) is 1. The maximum absolute atomic E-state index is 11.9. The second-order valence-corrected chi connectivity index (χ2v) is 2.29. The van der Waals surface area contributed by atoms with Gasteiger partial charge in [0.25, 0.3) is 12.8 Å². The van der Waals surface area contributed by atoms with E-state index in [4.69, 9.17) is 0 Å². The Morgan fingerprint density at radius 1 is 1.00 bits per heavy atom. The minimum absolute atomic E-state index is 2.43. The van der Waals surface area contributed by atoms with Gasteiger partial charge in [-0.15, -0.1) is 0 Å². The molecule has 0 bridgehead atoms. The molecule has 0 N–H and O–H groups in total. The fourth-order valence-electron chi connectivity index (χ4n) is 0.260. The highest BCUT2D eigenvalue weighted by Crippen LogP contribution is 2.39. The van der Waals surface area contributed by atoms with Crippen LogP contribution in [0.5, 0.6) is 0 Å². The Morgan fingerprint density at radius 3 is 1.62 bits per heavy atom. The molecule has 13 heavy (non-hydrogen) atoms. The van der Waals surface area contributed by atoms with Gasteiger partial charge >= 0.3 is 11.5 Å². The van der Waals surface area contributed by atoms with E-state index in [0.29, 0.717) is 0 Å². The van der Waals surface area contributed by atoms with Gasteiger partial charge in [0, 0.05) is 0 Å². The third kappa shape index (κ3) is 3.55. The molecule has 0 rings (SSSR count). The van der Waals surface area contributed by atoms with Crippen molar-refractivity contribution in [3.05, 3.63) is 0 Å². The van der Waals surface area contributed by atoms with Crippen LogP contribution in [-0.4, -0.2) is 24.3 Å². The zero-order valence-electron chi connectivity index (χ0n) is 5.59. The summed E-state index contributed by atoms with van der Waals surface area (Å²) in [6, 6.07) is 0. The van der Waals surface area contributed by atoms with Crippen molar-refractivity contribution in [2.24, 2.45) is 0 Å². The third-order valence-corrected chi connectivity index (χ3v) is 1.01. The standard InChI is InChI=1S/C4H2ClF7O/c5-3(9,10)4(11,12)13-2(8)1(6)7/h1-2H.